The molecule has 1 N–H and O–H groups in total. The maximum absolute atomic E-state index is 12.0. The number of benzene rings is 2. The third-order valence-corrected chi connectivity index (χ3v) is 2.61. The van der Waals surface area contributed by atoms with E-state index >= 15 is 0 Å². The number of carbonyl (C=O) groups is 1. The van der Waals surface area contributed by atoms with E-state index in [0.717, 1.165) is 5.56 Å². The highest BCUT2D eigenvalue weighted by Gasteiger charge is 2.08. The summed E-state index contributed by atoms with van der Waals surface area (Å²) in [5, 5.41) is 11.7. The summed E-state index contributed by atoms with van der Waals surface area (Å²) in [6.07, 6.45) is 0. The van der Waals surface area contributed by atoms with Gasteiger partial charge in [0, 0.05) is 5.56 Å². The molecule has 0 aliphatic rings. The van der Waals surface area contributed by atoms with E-state index in [0.29, 0.717) is 16.8 Å². The Kier molecular flexibility index (Phi) is 3.40. The first kappa shape index (κ1) is 11.9. The van der Waals surface area contributed by atoms with Crippen molar-refractivity contribution in [2.45, 2.75) is 6.92 Å². The fourth-order valence-electron chi connectivity index (χ4n) is 1.59. The Morgan fingerprint density at radius 2 is 1.78 bits per heavy atom. The first-order valence-corrected chi connectivity index (χ1v) is 5.58. The van der Waals surface area contributed by atoms with E-state index in [1.54, 1.807) is 36.4 Å². The number of nitriles is 1. The zero-order valence-corrected chi connectivity index (χ0v) is 9.97. The Balaban J connectivity index is 2.22. The van der Waals surface area contributed by atoms with Crippen molar-refractivity contribution < 1.29 is 4.79 Å². The number of amides is 1. The molecule has 0 saturated heterocycles. The van der Waals surface area contributed by atoms with Gasteiger partial charge in [-0.3, -0.25) is 4.79 Å². The zero-order valence-electron chi connectivity index (χ0n) is 9.97. The van der Waals surface area contributed by atoms with Gasteiger partial charge < -0.3 is 5.32 Å². The van der Waals surface area contributed by atoms with Crippen LogP contribution in [-0.4, -0.2) is 5.91 Å². The maximum Gasteiger partial charge on any atom is 0.255 e. The standard InChI is InChI=1S/C15H12N2O/c1-11-6-8-12(9-7-11)15(18)17-14-5-3-2-4-13(14)10-16/h2-9H,1H3,(H,17,18). The number of aryl methyl sites for hydroxylation is 1. The molecule has 0 aliphatic carbocycles. The molecule has 0 fully saturated rings. The number of nitrogens with one attached hydrogen (secondary N) is 1. The van der Waals surface area contributed by atoms with Gasteiger partial charge in [-0.2, -0.15) is 5.26 Å². The minimum atomic E-state index is -0.210. The quantitative estimate of drug-likeness (QED) is 0.870. The Hall–Kier alpha value is -2.60. The summed E-state index contributed by atoms with van der Waals surface area (Å²) in [7, 11) is 0. The number of anilines is 1. The van der Waals surface area contributed by atoms with Gasteiger partial charge in [-0.25, -0.2) is 0 Å². The van der Waals surface area contributed by atoms with Crippen LogP contribution in [0.5, 0.6) is 0 Å². The van der Waals surface area contributed by atoms with E-state index in [-0.39, 0.29) is 5.91 Å². The van der Waals surface area contributed by atoms with E-state index in [2.05, 4.69) is 5.32 Å². The van der Waals surface area contributed by atoms with Gasteiger partial charge in [0.15, 0.2) is 0 Å². The summed E-state index contributed by atoms with van der Waals surface area (Å²) in [6.45, 7) is 1.96. The fraction of sp³-hybridized carbons (Fsp3) is 0.0667. The van der Waals surface area contributed by atoms with E-state index in [1.807, 2.05) is 25.1 Å². The minimum Gasteiger partial charge on any atom is -0.321 e. The summed E-state index contributed by atoms with van der Waals surface area (Å²) < 4.78 is 0. The van der Waals surface area contributed by atoms with Crippen molar-refractivity contribution in [1.82, 2.24) is 0 Å². The molecule has 0 saturated carbocycles. The monoisotopic (exact) mass is 236 g/mol. The van der Waals surface area contributed by atoms with Crippen molar-refractivity contribution in [3.8, 4) is 6.07 Å². The van der Waals surface area contributed by atoms with E-state index < -0.39 is 0 Å². The molecule has 2 aromatic rings. The molecule has 18 heavy (non-hydrogen) atoms. The maximum atomic E-state index is 12.0. The van der Waals surface area contributed by atoms with Crippen LogP contribution in [0.4, 0.5) is 5.69 Å². The third-order valence-electron chi connectivity index (χ3n) is 2.61. The number of para-hydroxylation sites is 1. The predicted molar refractivity (Wildman–Crippen MR) is 70.3 cm³/mol. The van der Waals surface area contributed by atoms with E-state index in [1.165, 1.54) is 0 Å². The molecule has 2 aromatic carbocycles. The molecule has 3 nitrogen and oxygen atoms in total. The lowest BCUT2D eigenvalue weighted by molar-refractivity contribution is 0.102. The lowest BCUT2D eigenvalue weighted by Gasteiger charge is -2.06. The number of hydrogen-bond acceptors (Lipinski definition) is 2. The molecular weight excluding hydrogens is 224 g/mol. The van der Waals surface area contributed by atoms with Crippen LogP contribution in [0, 0.1) is 18.3 Å². The van der Waals surface area contributed by atoms with Crippen molar-refractivity contribution >= 4 is 11.6 Å². The predicted octanol–water partition coefficient (Wildman–Crippen LogP) is 3.12. The van der Waals surface area contributed by atoms with Gasteiger partial charge in [0.25, 0.3) is 5.91 Å². The van der Waals surface area contributed by atoms with Gasteiger partial charge in [-0.05, 0) is 31.2 Å². The summed E-state index contributed by atoms with van der Waals surface area (Å²) in [6, 6.07) is 16.3. The third kappa shape index (κ3) is 2.55. The Bertz CT molecular complexity index is 609. The van der Waals surface area contributed by atoms with E-state index in [4.69, 9.17) is 5.26 Å². The van der Waals surface area contributed by atoms with Crippen LogP contribution in [0.3, 0.4) is 0 Å². The normalized spacial score (nSPS) is 9.56. The number of rotatable bonds is 2. The van der Waals surface area contributed by atoms with Crippen molar-refractivity contribution in [2.75, 3.05) is 5.32 Å². The number of carbonyl (C=O) groups excluding carboxylic acids is 1. The minimum absolute atomic E-state index is 0.210. The first-order chi connectivity index (χ1) is 8.70. The second-order valence-corrected chi connectivity index (χ2v) is 3.98. The average Bonchev–Trinajstić information content (AvgIpc) is 2.40. The second kappa shape index (κ2) is 5.15. The molecule has 0 bridgehead atoms. The van der Waals surface area contributed by atoms with Crippen molar-refractivity contribution in [2.24, 2.45) is 0 Å². The summed E-state index contributed by atoms with van der Waals surface area (Å²) >= 11 is 0. The first-order valence-electron chi connectivity index (χ1n) is 5.58. The highest BCUT2D eigenvalue weighted by molar-refractivity contribution is 6.04. The molecule has 88 valence electrons. The van der Waals surface area contributed by atoms with Crippen molar-refractivity contribution in [3.63, 3.8) is 0 Å². The lowest BCUT2D eigenvalue weighted by Crippen LogP contribution is -2.12. The molecule has 0 radical (unpaired) electrons. The van der Waals surface area contributed by atoms with Crippen molar-refractivity contribution in [3.05, 3.63) is 65.2 Å². The van der Waals surface area contributed by atoms with Gasteiger partial charge in [0.2, 0.25) is 0 Å². The van der Waals surface area contributed by atoms with Crippen LogP contribution in [0.2, 0.25) is 0 Å². The molecule has 0 aromatic heterocycles. The second-order valence-electron chi connectivity index (χ2n) is 3.98. The highest BCUT2D eigenvalue weighted by atomic mass is 16.1. The summed E-state index contributed by atoms with van der Waals surface area (Å²) in [4.78, 5) is 12.0. The number of hydrogen-bond donors (Lipinski definition) is 1. The largest absolute Gasteiger partial charge is 0.321 e. The van der Waals surface area contributed by atoms with Crippen LogP contribution >= 0.6 is 0 Å². The Morgan fingerprint density at radius 3 is 2.44 bits per heavy atom. The molecule has 0 aliphatic heterocycles. The average molecular weight is 236 g/mol. The molecule has 1 amide bonds. The molecule has 3 heteroatoms. The van der Waals surface area contributed by atoms with Gasteiger partial charge in [0.05, 0.1) is 11.3 Å². The molecule has 0 heterocycles. The molecule has 0 unspecified atom stereocenters. The SMILES string of the molecule is Cc1ccc(C(=O)Nc2ccccc2C#N)cc1. The summed E-state index contributed by atoms with van der Waals surface area (Å²) in [5.74, 6) is -0.210. The van der Waals surface area contributed by atoms with E-state index in [9.17, 15) is 4.79 Å². The number of nitrogens with zero attached hydrogens (tertiary/aromatic N) is 1. The van der Waals surface area contributed by atoms with Crippen LogP contribution in [-0.2, 0) is 0 Å². The Morgan fingerprint density at radius 1 is 1.11 bits per heavy atom. The van der Waals surface area contributed by atoms with Gasteiger partial charge in [-0.15, -0.1) is 0 Å². The van der Waals surface area contributed by atoms with Gasteiger partial charge >= 0.3 is 0 Å². The Labute approximate surface area is 106 Å². The molecule has 0 atom stereocenters. The van der Waals surface area contributed by atoms with Gasteiger partial charge in [0.1, 0.15) is 6.07 Å². The molecular formula is C15H12N2O. The summed E-state index contributed by atoms with van der Waals surface area (Å²) in [5.41, 5.74) is 2.67. The van der Waals surface area contributed by atoms with Crippen LogP contribution in [0.25, 0.3) is 0 Å². The molecule has 0 spiro atoms. The van der Waals surface area contributed by atoms with Crippen LogP contribution in [0.1, 0.15) is 21.5 Å². The topological polar surface area (TPSA) is 52.9 Å². The zero-order chi connectivity index (χ0) is 13.0. The molecule has 2 rings (SSSR count). The lowest BCUT2D eigenvalue weighted by atomic mass is 10.1. The van der Waals surface area contributed by atoms with Crippen LogP contribution < -0.4 is 5.32 Å². The van der Waals surface area contributed by atoms with Crippen LogP contribution in [0.15, 0.2) is 48.5 Å². The van der Waals surface area contributed by atoms with Crippen molar-refractivity contribution in [1.29, 1.82) is 5.26 Å². The smallest absolute Gasteiger partial charge is 0.255 e. The van der Waals surface area contributed by atoms with Gasteiger partial charge in [-0.1, -0.05) is 29.8 Å². The fourth-order valence-corrected chi connectivity index (χ4v) is 1.59. The highest BCUT2D eigenvalue weighted by Crippen LogP contribution is 2.15.